The van der Waals surface area contributed by atoms with Gasteiger partial charge >= 0.3 is 5.97 Å². The zero-order valence-electron chi connectivity index (χ0n) is 12.4. The van der Waals surface area contributed by atoms with Crippen molar-refractivity contribution in [3.63, 3.8) is 0 Å². The number of rotatable bonds is 6. The number of para-hydroxylation sites is 1. The van der Waals surface area contributed by atoms with Crippen molar-refractivity contribution in [3.8, 4) is 0 Å². The Morgan fingerprint density at radius 2 is 1.92 bits per heavy atom. The molecule has 2 aromatic carbocycles. The van der Waals surface area contributed by atoms with Crippen molar-refractivity contribution in [2.75, 3.05) is 6.61 Å². The third-order valence-electron chi connectivity index (χ3n) is 3.03. The van der Waals surface area contributed by atoms with Crippen molar-refractivity contribution in [2.45, 2.75) is 6.54 Å². The first kappa shape index (κ1) is 17.4. The normalized spacial score (nSPS) is 10.0. The number of amides is 1. The van der Waals surface area contributed by atoms with E-state index in [9.17, 15) is 19.7 Å². The van der Waals surface area contributed by atoms with Crippen LogP contribution in [0.2, 0.25) is 5.02 Å². The second-order valence-electron chi connectivity index (χ2n) is 4.76. The number of nitro benzene ring substituents is 1. The van der Waals surface area contributed by atoms with Gasteiger partial charge in [0.05, 0.1) is 4.92 Å². The number of nitrogens with zero attached hydrogens (tertiary/aromatic N) is 1. The molecule has 0 aliphatic rings. The van der Waals surface area contributed by atoms with Gasteiger partial charge in [0.25, 0.3) is 11.6 Å². The molecule has 1 amide bonds. The Labute approximate surface area is 142 Å². The van der Waals surface area contributed by atoms with E-state index in [-0.39, 0.29) is 17.8 Å². The molecule has 0 saturated carbocycles. The lowest BCUT2D eigenvalue weighted by Crippen LogP contribution is -2.28. The number of ether oxygens (including phenoxy) is 1. The number of hydrogen-bond donors (Lipinski definition) is 1. The minimum absolute atomic E-state index is 0.204. The van der Waals surface area contributed by atoms with E-state index in [1.54, 1.807) is 24.3 Å². The largest absolute Gasteiger partial charge is 0.452 e. The predicted molar refractivity (Wildman–Crippen MR) is 86.7 cm³/mol. The molecule has 0 bridgehead atoms. The molecule has 24 heavy (non-hydrogen) atoms. The van der Waals surface area contributed by atoms with E-state index in [0.29, 0.717) is 5.02 Å². The molecule has 2 rings (SSSR count). The molecule has 0 aliphatic heterocycles. The molecule has 0 fully saturated rings. The number of nitro groups is 1. The van der Waals surface area contributed by atoms with Crippen molar-refractivity contribution in [1.29, 1.82) is 0 Å². The summed E-state index contributed by atoms with van der Waals surface area (Å²) in [5.41, 5.74) is 0.216. The van der Waals surface area contributed by atoms with Gasteiger partial charge in [0.15, 0.2) is 6.61 Å². The molecule has 0 spiro atoms. The zero-order valence-corrected chi connectivity index (χ0v) is 13.2. The van der Waals surface area contributed by atoms with Crippen LogP contribution in [0.15, 0.2) is 48.5 Å². The number of hydrogen-bond acceptors (Lipinski definition) is 5. The van der Waals surface area contributed by atoms with Crippen LogP contribution in [-0.2, 0) is 16.1 Å². The van der Waals surface area contributed by atoms with Gasteiger partial charge in [-0.3, -0.25) is 14.9 Å². The van der Waals surface area contributed by atoms with Crippen molar-refractivity contribution in [2.24, 2.45) is 0 Å². The lowest BCUT2D eigenvalue weighted by molar-refractivity contribution is -0.385. The molecule has 0 atom stereocenters. The Kier molecular flexibility index (Phi) is 5.86. The van der Waals surface area contributed by atoms with E-state index < -0.39 is 23.4 Å². The lowest BCUT2D eigenvalue weighted by Gasteiger charge is -2.07. The van der Waals surface area contributed by atoms with E-state index >= 15 is 0 Å². The highest BCUT2D eigenvalue weighted by atomic mass is 35.5. The van der Waals surface area contributed by atoms with E-state index in [0.717, 1.165) is 5.56 Å². The van der Waals surface area contributed by atoms with Gasteiger partial charge in [0.2, 0.25) is 0 Å². The minimum Gasteiger partial charge on any atom is -0.452 e. The molecule has 0 aliphatic carbocycles. The van der Waals surface area contributed by atoms with Crippen LogP contribution in [0.1, 0.15) is 15.9 Å². The molecule has 0 saturated heterocycles. The van der Waals surface area contributed by atoms with Crippen molar-refractivity contribution >= 4 is 29.2 Å². The van der Waals surface area contributed by atoms with E-state index in [1.807, 2.05) is 0 Å². The van der Waals surface area contributed by atoms with E-state index in [1.165, 1.54) is 24.3 Å². The molecule has 1 N–H and O–H groups in total. The maximum absolute atomic E-state index is 11.9. The topological polar surface area (TPSA) is 98.5 Å². The minimum atomic E-state index is -0.930. The van der Waals surface area contributed by atoms with Crippen LogP contribution >= 0.6 is 11.6 Å². The standard InChI is InChI=1S/C16H13ClN2O5/c17-12-5-3-4-11(8-12)9-18-15(20)10-24-16(21)13-6-1-2-7-14(13)19(22)23/h1-8H,9-10H2,(H,18,20). The average molecular weight is 349 g/mol. The summed E-state index contributed by atoms with van der Waals surface area (Å²) in [6, 6.07) is 12.3. The number of nitrogens with one attached hydrogen (secondary N) is 1. The summed E-state index contributed by atoms with van der Waals surface area (Å²) in [4.78, 5) is 33.7. The third kappa shape index (κ3) is 4.79. The van der Waals surface area contributed by atoms with Crippen LogP contribution in [0.25, 0.3) is 0 Å². The Hall–Kier alpha value is -2.93. The third-order valence-corrected chi connectivity index (χ3v) is 3.27. The summed E-state index contributed by atoms with van der Waals surface area (Å²) in [5, 5.41) is 14.0. The molecule has 0 radical (unpaired) electrons. The molecule has 124 valence electrons. The first-order valence-corrected chi connectivity index (χ1v) is 7.27. The van der Waals surface area contributed by atoms with Crippen LogP contribution in [0, 0.1) is 10.1 Å². The van der Waals surface area contributed by atoms with Crippen molar-refractivity contribution in [1.82, 2.24) is 5.32 Å². The maximum atomic E-state index is 11.9. The molecule has 0 aromatic heterocycles. The van der Waals surface area contributed by atoms with Crippen LogP contribution in [0.3, 0.4) is 0 Å². The number of benzene rings is 2. The molecule has 2 aromatic rings. The van der Waals surface area contributed by atoms with Gasteiger partial charge in [0.1, 0.15) is 5.56 Å². The summed E-state index contributed by atoms with van der Waals surface area (Å²) in [5.74, 6) is -1.46. The molecule has 0 heterocycles. The van der Waals surface area contributed by atoms with Gasteiger partial charge in [0, 0.05) is 17.6 Å². The summed E-state index contributed by atoms with van der Waals surface area (Å²) in [7, 11) is 0. The first-order chi connectivity index (χ1) is 11.5. The number of carbonyl (C=O) groups is 2. The van der Waals surface area contributed by atoms with Crippen LogP contribution in [0.5, 0.6) is 0 Å². The van der Waals surface area contributed by atoms with E-state index in [4.69, 9.17) is 16.3 Å². The van der Waals surface area contributed by atoms with Gasteiger partial charge in [-0.15, -0.1) is 0 Å². The Morgan fingerprint density at radius 1 is 1.17 bits per heavy atom. The fourth-order valence-electron chi connectivity index (χ4n) is 1.91. The molecule has 7 nitrogen and oxygen atoms in total. The Balaban J connectivity index is 1.88. The fourth-order valence-corrected chi connectivity index (χ4v) is 2.13. The maximum Gasteiger partial charge on any atom is 0.345 e. The highest BCUT2D eigenvalue weighted by Gasteiger charge is 2.21. The molecule has 8 heteroatoms. The Morgan fingerprint density at radius 3 is 2.62 bits per heavy atom. The number of halogens is 1. The van der Waals surface area contributed by atoms with Crippen molar-refractivity contribution < 1.29 is 19.2 Å². The van der Waals surface area contributed by atoms with Gasteiger partial charge in [-0.25, -0.2) is 4.79 Å². The Bertz CT molecular complexity index is 779. The quantitative estimate of drug-likeness (QED) is 0.491. The second-order valence-corrected chi connectivity index (χ2v) is 5.19. The van der Waals surface area contributed by atoms with Crippen LogP contribution in [0.4, 0.5) is 5.69 Å². The van der Waals surface area contributed by atoms with Gasteiger partial charge < -0.3 is 10.1 Å². The van der Waals surface area contributed by atoms with Crippen LogP contribution in [-0.4, -0.2) is 23.4 Å². The summed E-state index contributed by atoms with van der Waals surface area (Å²) >= 11 is 5.83. The highest BCUT2D eigenvalue weighted by Crippen LogP contribution is 2.18. The number of esters is 1. The fraction of sp³-hybridized carbons (Fsp3) is 0.125. The molecular formula is C16H13ClN2O5. The predicted octanol–water partition coefficient (Wildman–Crippen LogP) is 2.72. The van der Waals surface area contributed by atoms with Gasteiger partial charge in [-0.05, 0) is 23.8 Å². The smallest absolute Gasteiger partial charge is 0.345 e. The first-order valence-electron chi connectivity index (χ1n) is 6.89. The summed E-state index contributed by atoms with van der Waals surface area (Å²) in [6.45, 7) is -0.312. The second kappa shape index (κ2) is 8.07. The molecular weight excluding hydrogens is 336 g/mol. The average Bonchev–Trinajstić information content (AvgIpc) is 2.58. The molecule has 0 unspecified atom stereocenters. The van der Waals surface area contributed by atoms with Gasteiger partial charge in [-0.2, -0.15) is 0 Å². The zero-order chi connectivity index (χ0) is 17.5. The van der Waals surface area contributed by atoms with E-state index in [2.05, 4.69) is 5.32 Å². The summed E-state index contributed by atoms with van der Waals surface area (Å²) < 4.78 is 4.81. The van der Waals surface area contributed by atoms with Gasteiger partial charge in [-0.1, -0.05) is 35.9 Å². The van der Waals surface area contributed by atoms with Crippen molar-refractivity contribution in [3.05, 3.63) is 74.8 Å². The summed E-state index contributed by atoms with van der Waals surface area (Å²) in [6.07, 6.45) is 0. The van der Waals surface area contributed by atoms with Crippen LogP contribution < -0.4 is 5.32 Å². The lowest BCUT2D eigenvalue weighted by atomic mass is 10.2. The monoisotopic (exact) mass is 348 g/mol. The SMILES string of the molecule is O=C(COC(=O)c1ccccc1[N+](=O)[O-])NCc1cccc(Cl)c1. The highest BCUT2D eigenvalue weighted by molar-refractivity contribution is 6.30. The number of carbonyl (C=O) groups excluding carboxylic acids is 2.